The predicted octanol–water partition coefficient (Wildman–Crippen LogP) is -0.732. The van der Waals surface area contributed by atoms with Gasteiger partial charge in [-0.25, -0.2) is 0 Å². The van der Waals surface area contributed by atoms with Crippen molar-refractivity contribution in [2.75, 3.05) is 20.1 Å². The third kappa shape index (κ3) is 4.05. The van der Waals surface area contributed by atoms with Gasteiger partial charge >= 0.3 is 0 Å². The summed E-state index contributed by atoms with van der Waals surface area (Å²) in [5, 5.41) is 8.28. The van der Waals surface area contributed by atoms with Crippen LogP contribution in [0.1, 0.15) is 13.3 Å². The molecule has 0 aromatic heterocycles. The molecule has 0 bridgehead atoms. The summed E-state index contributed by atoms with van der Waals surface area (Å²) in [5.41, 5.74) is 0. The highest BCUT2D eigenvalue weighted by Gasteiger charge is 2.24. The van der Waals surface area contributed by atoms with Gasteiger partial charge in [0.25, 0.3) is 0 Å². The molecule has 1 saturated heterocycles. The molecule has 0 unspecified atom stereocenters. The maximum Gasteiger partial charge on any atom is 0.242 e. The molecule has 0 aromatic carbocycles. The van der Waals surface area contributed by atoms with Gasteiger partial charge in [0, 0.05) is 13.6 Å². The van der Waals surface area contributed by atoms with Crippen LogP contribution in [0.5, 0.6) is 0 Å². The summed E-state index contributed by atoms with van der Waals surface area (Å²) in [4.78, 5) is 22.7. The average molecular weight is 236 g/mol. The molecular weight excluding hydrogens is 218 g/mol. The average Bonchev–Trinajstić information content (AvgIpc) is 2.69. The Morgan fingerprint density at radius 3 is 2.60 bits per heavy atom. The molecule has 2 atom stereocenters. The Morgan fingerprint density at radius 1 is 1.47 bits per heavy atom. The van der Waals surface area contributed by atoms with Crippen molar-refractivity contribution in [2.45, 2.75) is 19.4 Å². The van der Waals surface area contributed by atoms with Gasteiger partial charge in [0.1, 0.15) is 6.04 Å². The number of likely N-dealkylation sites (N-methyl/N-ethyl adjacent to an activating group) is 1. The standard InChI is InChI=1S/C9H17N3O2.ClH/c1-6(8(13)10-2)12-9(14)7-3-4-11-5-7;/h6-7,11H,3-5H2,1-2H3,(H,10,13)(H,12,14);1H/t6-,7-;/m1./s1. The van der Waals surface area contributed by atoms with Gasteiger partial charge in [0.15, 0.2) is 0 Å². The van der Waals surface area contributed by atoms with Crippen LogP contribution in [0.2, 0.25) is 0 Å². The van der Waals surface area contributed by atoms with Crippen molar-refractivity contribution in [2.24, 2.45) is 5.92 Å². The summed E-state index contributed by atoms with van der Waals surface area (Å²) in [5.74, 6) is -0.183. The van der Waals surface area contributed by atoms with E-state index in [0.717, 1.165) is 13.0 Å². The number of hydrogen-bond donors (Lipinski definition) is 3. The Balaban J connectivity index is 0.00000196. The van der Waals surface area contributed by atoms with Gasteiger partial charge in [-0.3, -0.25) is 9.59 Å². The van der Waals surface area contributed by atoms with E-state index >= 15 is 0 Å². The summed E-state index contributed by atoms with van der Waals surface area (Å²) in [6.07, 6.45) is 0.853. The first-order valence-corrected chi connectivity index (χ1v) is 4.88. The SMILES string of the molecule is CNC(=O)[C@@H](C)NC(=O)[C@@H]1CCNC1.Cl. The van der Waals surface area contributed by atoms with E-state index in [1.807, 2.05) is 0 Å². The van der Waals surface area contributed by atoms with E-state index in [4.69, 9.17) is 0 Å². The predicted molar refractivity (Wildman–Crippen MR) is 59.9 cm³/mol. The van der Waals surface area contributed by atoms with E-state index in [0.29, 0.717) is 6.54 Å². The maximum absolute atomic E-state index is 11.5. The van der Waals surface area contributed by atoms with Crippen molar-refractivity contribution >= 4 is 24.2 Å². The van der Waals surface area contributed by atoms with E-state index < -0.39 is 6.04 Å². The number of rotatable bonds is 3. The van der Waals surface area contributed by atoms with Crippen molar-refractivity contribution in [3.05, 3.63) is 0 Å². The van der Waals surface area contributed by atoms with Gasteiger partial charge in [0.2, 0.25) is 11.8 Å². The molecule has 2 amide bonds. The fraction of sp³-hybridized carbons (Fsp3) is 0.778. The fourth-order valence-electron chi connectivity index (χ4n) is 1.49. The Morgan fingerprint density at radius 2 is 2.13 bits per heavy atom. The molecule has 1 aliphatic rings. The number of carbonyl (C=O) groups excluding carboxylic acids is 2. The van der Waals surface area contributed by atoms with E-state index in [1.54, 1.807) is 14.0 Å². The first kappa shape index (κ1) is 14.2. The first-order chi connectivity index (χ1) is 6.65. The summed E-state index contributed by atoms with van der Waals surface area (Å²) in [7, 11) is 1.56. The van der Waals surface area contributed by atoms with Gasteiger partial charge in [-0.1, -0.05) is 0 Å². The minimum Gasteiger partial charge on any atom is -0.357 e. The lowest BCUT2D eigenvalue weighted by atomic mass is 10.1. The van der Waals surface area contributed by atoms with Crippen LogP contribution >= 0.6 is 12.4 Å². The molecule has 1 fully saturated rings. The number of carbonyl (C=O) groups is 2. The molecule has 6 heteroatoms. The zero-order valence-corrected chi connectivity index (χ0v) is 9.82. The lowest BCUT2D eigenvalue weighted by Gasteiger charge is -2.15. The Hall–Kier alpha value is -0.810. The van der Waals surface area contributed by atoms with E-state index in [-0.39, 0.29) is 30.1 Å². The van der Waals surface area contributed by atoms with Gasteiger partial charge in [-0.05, 0) is 19.9 Å². The molecule has 0 aliphatic carbocycles. The minimum absolute atomic E-state index is 0. The van der Waals surface area contributed by atoms with Crippen LogP contribution in [0, 0.1) is 5.92 Å². The van der Waals surface area contributed by atoms with E-state index in [9.17, 15) is 9.59 Å². The highest BCUT2D eigenvalue weighted by atomic mass is 35.5. The third-order valence-electron chi connectivity index (χ3n) is 2.43. The normalized spacial score (nSPS) is 21.3. The molecule has 3 N–H and O–H groups in total. The van der Waals surface area contributed by atoms with Gasteiger partial charge < -0.3 is 16.0 Å². The first-order valence-electron chi connectivity index (χ1n) is 4.88. The molecule has 1 aliphatic heterocycles. The van der Waals surface area contributed by atoms with Gasteiger partial charge in [-0.15, -0.1) is 12.4 Å². The number of amides is 2. The van der Waals surface area contributed by atoms with Crippen LogP contribution in [0.25, 0.3) is 0 Å². The molecular formula is C9H18ClN3O2. The van der Waals surface area contributed by atoms with E-state index in [2.05, 4.69) is 16.0 Å². The molecule has 0 radical (unpaired) electrons. The molecule has 88 valence electrons. The third-order valence-corrected chi connectivity index (χ3v) is 2.43. The van der Waals surface area contributed by atoms with Crippen LogP contribution in [0.4, 0.5) is 0 Å². The molecule has 5 nitrogen and oxygen atoms in total. The van der Waals surface area contributed by atoms with Crippen molar-refractivity contribution in [1.29, 1.82) is 0 Å². The Bertz CT molecular complexity index is 229. The lowest BCUT2D eigenvalue weighted by molar-refractivity contribution is -0.130. The minimum atomic E-state index is -0.451. The maximum atomic E-state index is 11.5. The van der Waals surface area contributed by atoms with Crippen molar-refractivity contribution in [3.63, 3.8) is 0 Å². The summed E-state index contributed by atoms with van der Waals surface area (Å²) >= 11 is 0. The number of hydrogen-bond acceptors (Lipinski definition) is 3. The number of nitrogens with one attached hydrogen (secondary N) is 3. The van der Waals surface area contributed by atoms with Crippen LogP contribution in [0.15, 0.2) is 0 Å². The molecule has 1 heterocycles. The lowest BCUT2D eigenvalue weighted by Crippen LogP contribution is -2.46. The van der Waals surface area contributed by atoms with E-state index in [1.165, 1.54) is 0 Å². The summed E-state index contributed by atoms with van der Waals surface area (Å²) < 4.78 is 0. The molecule has 1 rings (SSSR count). The van der Waals surface area contributed by atoms with Gasteiger partial charge in [0.05, 0.1) is 5.92 Å². The highest BCUT2D eigenvalue weighted by Crippen LogP contribution is 2.07. The summed E-state index contributed by atoms with van der Waals surface area (Å²) in [6, 6.07) is -0.451. The Kier molecular flexibility index (Phi) is 6.27. The Labute approximate surface area is 95.8 Å². The van der Waals surface area contributed by atoms with Gasteiger partial charge in [-0.2, -0.15) is 0 Å². The molecule has 0 saturated carbocycles. The molecule has 0 spiro atoms. The van der Waals surface area contributed by atoms with Crippen molar-refractivity contribution in [1.82, 2.24) is 16.0 Å². The highest BCUT2D eigenvalue weighted by molar-refractivity contribution is 5.88. The number of halogens is 1. The fourth-order valence-corrected chi connectivity index (χ4v) is 1.49. The van der Waals surface area contributed by atoms with Crippen LogP contribution < -0.4 is 16.0 Å². The van der Waals surface area contributed by atoms with Crippen LogP contribution in [0.3, 0.4) is 0 Å². The largest absolute Gasteiger partial charge is 0.357 e. The second-order valence-corrected chi connectivity index (χ2v) is 3.53. The quantitative estimate of drug-likeness (QED) is 0.604. The second-order valence-electron chi connectivity index (χ2n) is 3.53. The monoisotopic (exact) mass is 235 g/mol. The molecule has 0 aromatic rings. The zero-order valence-electron chi connectivity index (χ0n) is 9.00. The smallest absolute Gasteiger partial charge is 0.242 e. The van der Waals surface area contributed by atoms with Crippen molar-refractivity contribution in [3.8, 4) is 0 Å². The van der Waals surface area contributed by atoms with Crippen LogP contribution in [-0.4, -0.2) is 38.0 Å². The molecule has 15 heavy (non-hydrogen) atoms. The van der Waals surface area contributed by atoms with Crippen molar-refractivity contribution < 1.29 is 9.59 Å². The second kappa shape index (κ2) is 6.63. The zero-order chi connectivity index (χ0) is 10.6. The van der Waals surface area contributed by atoms with Crippen LogP contribution in [-0.2, 0) is 9.59 Å². The summed E-state index contributed by atoms with van der Waals surface area (Å²) in [6.45, 7) is 3.28. The topological polar surface area (TPSA) is 70.2 Å².